The molecule has 1 aliphatic rings. The maximum atomic E-state index is 11.8. The first-order valence-electron chi connectivity index (χ1n) is 6.51. The standard InChI is InChI=1S/C12H20N2O5S/c15-10(13-3-1-2-12(17)18)8-20-9-11(16)14-4-6-19-7-5-14/h1-9H2,(H,13,15)(H,17,18). The third kappa shape index (κ3) is 7.34. The summed E-state index contributed by atoms with van der Waals surface area (Å²) < 4.78 is 5.16. The average Bonchev–Trinajstić information content (AvgIpc) is 2.44. The molecule has 0 saturated carbocycles. The summed E-state index contributed by atoms with van der Waals surface area (Å²) in [4.78, 5) is 35.2. The highest BCUT2D eigenvalue weighted by molar-refractivity contribution is 8.00. The maximum Gasteiger partial charge on any atom is 0.303 e. The lowest BCUT2D eigenvalue weighted by atomic mass is 10.3. The van der Waals surface area contributed by atoms with Crippen LogP contribution in [0.3, 0.4) is 0 Å². The minimum Gasteiger partial charge on any atom is -0.481 e. The van der Waals surface area contributed by atoms with E-state index in [0.717, 1.165) is 0 Å². The first-order valence-corrected chi connectivity index (χ1v) is 7.67. The van der Waals surface area contributed by atoms with Crippen molar-refractivity contribution in [2.75, 3.05) is 44.4 Å². The van der Waals surface area contributed by atoms with Gasteiger partial charge in [-0.1, -0.05) is 0 Å². The van der Waals surface area contributed by atoms with Crippen molar-refractivity contribution in [2.45, 2.75) is 12.8 Å². The van der Waals surface area contributed by atoms with Crippen LogP contribution in [-0.2, 0) is 19.1 Å². The van der Waals surface area contributed by atoms with Crippen LogP contribution in [0.5, 0.6) is 0 Å². The second kappa shape index (κ2) is 9.60. The second-order valence-electron chi connectivity index (χ2n) is 4.33. The predicted molar refractivity (Wildman–Crippen MR) is 74.6 cm³/mol. The van der Waals surface area contributed by atoms with Crippen molar-refractivity contribution in [2.24, 2.45) is 0 Å². The molecule has 20 heavy (non-hydrogen) atoms. The fourth-order valence-corrected chi connectivity index (χ4v) is 2.40. The molecule has 8 heteroatoms. The smallest absolute Gasteiger partial charge is 0.303 e. The van der Waals surface area contributed by atoms with E-state index in [1.807, 2.05) is 0 Å². The lowest BCUT2D eigenvalue weighted by Gasteiger charge is -2.26. The molecule has 0 aliphatic carbocycles. The van der Waals surface area contributed by atoms with Gasteiger partial charge in [0.15, 0.2) is 0 Å². The number of carbonyl (C=O) groups is 3. The third-order valence-electron chi connectivity index (χ3n) is 2.71. The number of morpholine rings is 1. The molecule has 0 bridgehead atoms. The summed E-state index contributed by atoms with van der Waals surface area (Å²) in [5.41, 5.74) is 0. The van der Waals surface area contributed by atoms with Crippen molar-refractivity contribution in [1.82, 2.24) is 10.2 Å². The van der Waals surface area contributed by atoms with Gasteiger partial charge in [0, 0.05) is 26.1 Å². The Bertz CT molecular complexity index is 345. The zero-order valence-electron chi connectivity index (χ0n) is 11.3. The molecule has 114 valence electrons. The summed E-state index contributed by atoms with van der Waals surface area (Å²) in [7, 11) is 0. The van der Waals surface area contributed by atoms with Crippen molar-refractivity contribution in [3.05, 3.63) is 0 Å². The number of thioether (sulfide) groups is 1. The number of carboxylic acids is 1. The molecule has 0 spiro atoms. The SMILES string of the molecule is O=C(O)CCCNC(=O)CSCC(=O)N1CCOCC1. The van der Waals surface area contributed by atoms with E-state index in [-0.39, 0.29) is 29.7 Å². The highest BCUT2D eigenvalue weighted by Gasteiger charge is 2.16. The number of carbonyl (C=O) groups excluding carboxylic acids is 2. The summed E-state index contributed by atoms with van der Waals surface area (Å²) in [6, 6.07) is 0. The van der Waals surface area contributed by atoms with E-state index in [9.17, 15) is 14.4 Å². The van der Waals surface area contributed by atoms with Gasteiger partial charge in [0.1, 0.15) is 0 Å². The van der Waals surface area contributed by atoms with E-state index >= 15 is 0 Å². The first-order chi connectivity index (χ1) is 9.59. The van der Waals surface area contributed by atoms with Gasteiger partial charge in [-0.05, 0) is 6.42 Å². The molecule has 1 heterocycles. The second-order valence-corrected chi connectivity index (χ2v) is 5.32. The Morgan fingerprint density at radius 3 is 2.55 bits per heavy atom. The van der Waals surface area contributed by atoms with E-state index in [1.54, 1.807) is 4.90 Å². The quantitative estimate of drug-likeness (QED) is 0.590. The monoisotopic (exact) mass is 304 g/mol. The van der Waals surface area contributed by atoms with Crippen molar-refractivity contribution < 1.29 is 24.2 Å². The molecular weight excluding hydrogens is 284 g/mol. The van der Waals surface area contributed by atoms with Crippen molar-refractivity contribution in [1.29, 1.82) is 0 Å². The van der Waals surface area contributed by atoms with Crippen LogP contribution in [0, 0.1) is 0 Å². The van der Waals surface area contributed by atoms with Crippen LogP contribution in [0.2, 0.25) is 0 Å². The number of nitrogens with zero attached hydrogens (tertiary/aromatic N) is 1. The molecule has 1 aliphatic heterocycles. The van der Waals surface area contributed by atoms with Crippen LogP contribution >= 0.6 is 11.8 Å². The van der Waals surface area contributed by atoms with Gasteiger partial charge < -0.3 is 20.1 Å². The lowest BCUT2D eigenvalue weighted by Crippen LogP contribution is -2.41. The van der Waals surface area contributed by atoms with Crippen LogP contribution in [0.4, 0.5) is 0 Å². The highest BCUT2D eigenvalue weighted by Crippen LogP contribution is 2.05. The molecular formula is C12H20N2O5S. The zero-order chi connectivity index (χ0) is 14.8. The Labute approximate surface area is 122 Å². The van der Waals surface area contributed by atoms with Gasteiger partial charge in [0.2, 0.25) is 11.8 Å². The normalized spacial score (nSPS) is 14.9. The molecule has 1 fully saturated rings. The van der Waals surface area contributed by atoms with E-state index < -0.39 is 5.97 Å². The van der Waals surface area contributed by atoms with Crippen LogP contribution in [0.1, 0.15) is 12.8 Å². The maximum absolute atomic E-state index is 11.8. The molecule has 0 aromatic heterocycles. The Kier molecular flexibility index (Phi) is 8.05. The summed E-state index contributed by atoms with van der Waals surface area (Å²) in [6.45, 7) is 2.71. The molecule has 0 radical (unpaired) electrons. The molecule has 1 saturated heterocycles. The van der Waals surface area contributed by atoms with Gasteiger partial charge in [-0.2, -0.15) is 0 Å². The van der Waals surface area contributed by atoms with E-state index in [0.29, 0.717) is 39.3 Å². The number of hydrogen-bond donors (Lipinski definition) is 2. The molecule has 0 unspecified atom stereocenters. The van der Waals surface area contributed by atoms with Gasteiger partial charge in [-0.15, -0.1) is 11.8 Å². The molecule has 2 amide bonds. The average molecular weight is 304 g/mol. The van der Waals surface area contributed by atoms with Crippen LogP contribution in [-0.4, -0.2) is 72.1 Å². The van der Waals surface area contributed by atoms with Gasteiger partial charge in [-0.3, -0.25) is 14.4 Å². The van der Waals surface area contributed by atoms with Crippen molar-refractivity contribution in [3.8, 4) is 0 Å². The number of hydrogen-bond acceptors (Lipinski definition) is 5. The minimum absolute atomic E-state index is 0.0250. The number of carboxylic acid groups (broad SMARTS) is 1. The number of amides is 2. The Morgan fingerprint density at radius 2 is 1.90 bits per heavy atom. The predicted octanol–water partition coefficient (Wildman–Crippen LogP) is -0.441. The van der Waals surface area contributed by atoms with E-state index in [2.05, 4.69) is 5.32 Å². The van der Waals surface area contributed by atoms with Gasteiger partial charge in [0.25, 0.3) is 0 Å². The van der Waals surface area contributed by atoms with Crippen LogP contribution < -0.4 is 5.32 Å². The Morgan fingerprint density at radius 1 is 1.20 bits per heavy atom. The van der Waals surface area contributed by atoms with Gasteiger partial charge >= 0.3 is 5.97 Å². The lowest BCUT2D eigenvalue weighted by molar-refractivity contribution is -0.137. The topological polar surface area (TPSA) is 95.9 Å². The van der Waals surface area contributed by atoms with Crippen molar-refractivity contribution in [3.63, 3.8) is 0 Å². The van der Waals surface area contributed by atoms with Crippen LogP contribution in [0.25, 0.3) is 0 Å². The molecule has 0 aromatic rings. The van der Waals surface area contributed by atoms with Gasteiger partial charge in [0.05, 0.1) is 24.7 Å². The van der Waals surface area contributed by atoms with Crippen LogP contribution in [0.15, 0.2) is 0 Å². The first kappa shape index (κ1) is 16.8. The third-order valence-corrected chi connectivity index (χ3v) is 3.63. The fraction of sp³-hybridized carbons (Fsp3) is 0.750. The summed E-state index contributed by atoms with van der Waals surface area (Å²) in [5.74, 6) is -0.525. The highest BCUT2D eigenvalue weighted by atomic mass is 32.2. The molecule has 0 aromatic carbocycles. The van der Waals surface area contributed by atoms with Crippen molar-refractivity contribution >= 4 is 29.5 Å². The Hall–Kier alpha value is -1.28. The number of ether oxygens (including phenoxy) is 1. The summed E-state index contributed by atoms with van der Waals surface area (Å²) in [6.07, 6.45) is 0.460. The van der Waals surface area contributed by atoms with E-state index in [4.69, 9.17) is 9.84 Å². The van der Waals surface area contributed by atoms with Gasteiger partial charge in [-0.25, -0.2) is 0 Å². The Balaban J connectivity index is 2.03. The molecule has 0 atom stereocenters. The molecule has 1 rings (SSSR count). The fourth-order valence-electron chi connectivity index (χ4n) is 1.65. The van der Waals surface area contributed by atoms with E-state index in [1.165, 1.54) is 11.8 Å². The summed E-state index contributed by atoms with van der Waals surface area (Å²) >= 11 is 1.27. The largest absolute Gasteiger partial charge is 0.481 e. The number of nitrogens with one attached hydrogen (secondary N) is 1. The number of aliphatic carboxylic acids is 1. The minimum atomic E-state index is -0.871. The number of rotatable bonds is 8. The molecule has 7 nitrogen and oxygen atoms in total. The molecule has 2 N–H and O–H groups in total. The summed E-state index contributed by atoms with van der Waals surface area (Å²) in [5, 5.41) is 11.1. The zero-order valence-corrected chi connectivity index (χ0v) is 12.1.